The summed E-state index contributed by atoms with van der Waals surface area (Å²) in [4.78, 5) is 12.5. The Bertz CT molecular complexity index is 1180. The third-order valence-corrected chi connectivity index (χ3v) is 6.38. The number of aryl methyl sites for hydroxylation is 4. The van der Waals surface area contributed by atoms with Crippen LogP contribution in [-0.4, -0.2) is 14.3 Å². The van der Waals surface area contributed by atoms with Gasteiger partial charge in [0.2, 0.25) is 5.91 Å². The molecule has 0 spiro atoms. The fourth-order valence-electron chi connectivity index (χ4n) is 3.19. The monoisotopic (exact) mass is 422 g/mol. The predicted molar refractivity (Wildman–Crippen MR) is 121 cm³/mol. The van der Waals surface area contributed by atoms with Crippen LogP contribution in [0.5, 0.6) is 0 Å². The van der Waals surface area contributed by atoms with E-state index in [2.05, 4.69) is 10.0 Å². The molecule has 3 rings (SSSR count). The number of anilines is 2. The second kappa shape index (κ2) is 8.71. The van der Waals surface area contributed by atoms with Crippen LogP contribution in [0.3, 0.4) is 0 Å². The molecule has 0 bridgehead atoms. The zero-order chi connectivity index (χ0) is 21.9. The molecule has 0 radical (unpaired) electrons. The first-order valence-corrected chi connectivity index (χ1v) is 11.2. The van der Waals surface area contributed by atoms with Crippen LogP contribution < -0.4 is 10.0 Å². The maximum absolute atomic E-state index is 13.0. The van der Waals surface area contributed by atoms with E-state index in [4.69, 9.17) is 0 Å². The van der Waals surface area contributed by atoms with Crippen LogP contribution in [0.4, 0.5) is 11.4 Å². The molecule has 0 saturated carbocycles. The van der Waals surface area contributed by atoms with Gasteiger partial charge in [0.15, 0.2) is 0 Å². The molecule has 0 saturated heterocycles. The third-order valence-electron chi connectivity index (χ3n) is 4.87. The van der Waals surface area contributed by atoms with Gasteiger partial charge in [-0.25, -0.2) is 8.42 Å². The van der Waals surface area contributed by atoms with Crippen LogP contribution in [0.1, 0.15) is 27.8 Å². The Hall–Kier alpha value is -3.12. The Balaban J connectivity index is 1.79. The molecule has 30 heavy (non-hydrogen) atoms. The van der Waals surface area contributed by atoms with Gasteiger partial charge in [-0.2, -0.15) is 0 Å². The maximum atomic E-state index is 13.0. The van der Waals surface area contributed by atoms with Crippen molar-refractivity contribution in [1.82, 2.24) is 0 Å². The van der Waals surface area contributed by atoms with Crippen LogP contribution in [0, 0.1) is 27.7 Å². The summed E-state index contributed by atoms with van der Waals surface area (Å²) in [5.74, 6) is -0.201. The lowest BCUT2D eigenvalue weighted by molar-refractivity contribution is -0.115. The number of nitrogens with one attached hydrogen (secondary N) is 2. The average molecular weight is 423 g/mol. The SMILES string of the molecule is Cc1ccc(CC(=O)Nc2ccc(C)c(S(=O)(=O)Nc3ccc(C)cc3C)c2)cc1. The molecular formula is C24H26N2O3S. The molecule has 0 atom stereocenters. The smallest absolute Gasteiger partial charge is 0.262 e. The summed E-state index contributed by atoms with van der Waals surface area (Å²) in [7, 11) is -3.80. The summed E-state index contributed by atoms with van der Waals surface area (Å²) in [6.45, 7) is 7.54. The number of carbonyl (C=O) groups excluding carboxylic acids is 1. The zero-order valence-corrected chi connectivity index (χ0v) is 18.4. The highest BCUT2D eigenvalue weighted by atomic mass is 32.2. The van der Waals surface area contributed by atoms with Crippen molar-refractivity contribution >= 4 is 27.3 Å². The lowest BCUT2D eigenvalue weighted by Gasteiger charge is -2.14. The number of benzene rings is 3. The Kier molecular flexibility index (Phi) is 6.27. The van der Waals surface area contributed by atoms with E-state index in [0.29, 0.717) is 16.9 Å². The second-order valence-corrected chi connectivity index (χ2v) is 9.27. The number of hydrogen-bond donors (Lipinski definition) is 2. The lowest BCUT2D eigenvalue weighted by Crippen LogP contribution is -2.17. The van der Waals surface area contributed by atoms with E-state index in [9.17, 15) is 13.2 Å². The van der Waals surface area contributed by atoms with E-state index >= 15 is 0 Å². The van der Waals surface area contributed by atoms with Gasteiger partial charge in [-0.05, 0) is 62.6 Å². The second-order valence-electron chi connectivity index (χ2n) is 7.61. The molecule has 5 nitrogen and oxygen atoms in total. The average Bonchev–Trinajstić information content (AvgIpc) is 2.67. The van der Waals surface area contributed by atoms with E-state index < -0.39 is 10.0 Å². The van der Waals surface area contributed by atoms with Crippen molar-refractivity contribution in [2.45, 2.75) is 39.0 Å². The fourth-order valence-corrected chi connectivity index (χ4v) is 4.59. The van der Waals surface area contributed by atoms with Crippen LogP contribution in [0.15, 0.2) is 65.6 Å². The molecule has 3 aromatic carbocycles. The van der Waals surface area contributed by atoms with E-state index in [1.54, 1.807) is 25.1 Å². The third kappa shape index (κ3) is 5.27. The summed E-state index contributed by atoms with van der Waals surface area (Å²) in [6.07, 6.45) is 0.219. The van der Waals surface area contributed by atoms with E-state index in [-0.39, 0.29) is 17.2 Å². The highest BCUT2D eigenvalue weighted by molar-refractivity contribution is 7.92. The van der Waals surface area contributed by atoms with Crippen molar-refractivity contribution in [2.75, 3.05) is 10.0 Å². The van der Waals surface area contributed by atoms with Crippen molar-refractivity contribution in [3.8, 4) is 0 Å². The van der Waals surface area contributed by atoms with Crippen LogP contribution >= 0.6 is 0 Å². The molecule has 0 aromatic heterocycles. The summed E-state index contributed by atoms with van der Waals surface area (Å²) < 4.78 is 28.6. The Morgan fingerprint density at radius 3 is 2.13 bits per heavy atom. The topological polar surface area (TPSA) is 75.3 Å². The molecule has 6 heteroatoms. The van der Waals surface area contributed by atoms with Gasteiger partial charge in [0.25, 0.3) is 10.0 Å². The first kappa shape index (κ1) is 21.6. The Labute approximate surface area is 178 Å². The summed E-state index contributed by atoms with van der Waals surface area (Å²) in [5, 5.41) is 2.80. The minimum Gasteiger partial charge on any atom is -0.326 e. The van der Waals surface area contributed by atoms with Gasteiger partial charge in [0, 0.05) is 5.69 Å². The van der Waals surface area contributed by atoms with Gasteiger partial charge in [-0.3, -0.25) is 9.52 Å². The van der Waals surface area contributed by atoms with Gasteiger partial charge < -0.3 is 5.32 Å². The molecular weight excluding hydrogens is 396 g/mol. The quantitative estimate of drug-likeness (QED) is 0.593. The minimum atomic E-state index is -3.80. The van der Waals surface area contributed by atoms with E-state index in [0.717, 1.165) is 22.3 Å². The normalized spacial score (nSPS) is 11.2. The van der Waals surface area contributed by atoms with E-state index in [1.807, 2.05) is 57.2 Å². The van der Waals surface area contributed by atoms with Crippen molar-refractivity contribution in [3.63, 3.8) is 0 Å². The summed E-state index contributed by atoms with van der Waals surface area (Å²) >= 11 is 0. The Morgan fingerprint density at radius 1 is 0.800 bits per heavy atom. The summed E-state index contributed by atoms with van der Waals surface area (Å²) in [5.41, 5.74) is 5.51. The Morgan fingerprint density at radius 2 is 1.47 bits per heavy atom. The van der Waals surface area contributed by atoms with Crippen LogP contribution in [0.25, 0.3) is 0 Å². The van der Waals surface area contributed by atoms with Crippen molar-refractivity contribution in [3.05, 3.63) is 88.5 Å². The van der Waals surface area contributed by atoms with Crippen LogP contribution in [-0.2, 0) is 21.2 Å². The fraction of sp³-hybridized carbons (Fsp3) is 0.208. The predicted octanol–water partition coefficient (Wildman–Crippen LogP) is 4.90. The van der Waals surface area contributed by atoms with Crippen molar-refractivity contribution in [1.29, 1.82) is 0 Å². The standard InChI is InChI=1S/C24H26N2O3S/c1-16-5-9-20(10-6-16)14-24(27)25-21-11-8-18(3)23(15-21)30(28,29)26-22-12-7-17(2)13-19(22)4/h5-13,15,26H,14H2,1-4H3,(H,25,27). The number of hydrogen-bond acceptors (Lipinski definition) is 3. The highest BCUT2D eigenvalue weighted by Gasteiger charge is 2.19. The first-order valence-electron chi connectivity index (χ1n) is 9.70. The molecule has 0 unspecified atom stereocenters. The molecule has 0 aliphatic carbocycles. The maximum Gasteiger partial charge on any atom is 0.262 e. The molecule has 156 valence electrons. The molecule has 1 amide bonds. The minimum absolute atomic E-state index is 0.135. The van der Waals surface area contributed by atoms with Gasteiger partial charge in [-0.15, -0.1) is 0 Å². The number of amides is 1. The molecule has 0 heterocycles. The number of rotatable bonds is 6. The van der Waals surface area contributed by atoms with Crippen molar-refractivity contribution in [2.24, 2.45) is 0 Å². The van der Waals surface area contributed by atoms with Gasteiger partial charge in [0.05, 0.1) is 17.0 Å². The molecule has 0 aliphatic heterocycles. The van der Waals surface area contributed by atoms with Crippen molar-refractivity contribution < 1.29 is 13.2 Å². The largest absolute Gasteiger partial charge is 0.326 e. The number of sulfonamides is 1. The highest BCUT2D eigenvalue weighted by Crippen LogP contribution is 2.25. The molecule has 2 N–H and O–H groups in total. The molecule has 0 aliphatic rings. The summed E-state index contributed by atoms with van der Waals surface area (Å²) in [6, 6.07) is 18.2. The van der Waals surface area contributed by atoms with E-state index in [1.165, 1.54) is 6.07 Å². The zero-order valence-electron chi connectivity index (χ0n) is 17.6. The van der Waals surface area contributed by atoms with Gasteiger partial charge >= 0.3 is 0 Å². The number of carbonyl (C=O) groups is 1. The van der Waals surface area contributed by atoms with Gasteiger partial charge in [-0.1, -0.05) is 53.6 Å². The first-order chi connectivity index (χ1) is 14.1. The molecule has 0 fully saturated rings. The lowest BCUT2D eigenvalue weighted by atomic mass is 10.1. The van der Waals surface area contributed by atoms with Gasteiger partial charge in [0.1, 0.15) is 0 Å². The molecule has 3 aromatic rings. The van der Waals surface area contributed by atoms with Crippen LogP contribution in [0.2, 0.25) is 0 Å².